The molecule has 0 spiro atoms. The first-order valence-electron chi connectivity index (χ1n) is 14.4. The molecule has 0 radical (unpaired) electrons. The smallest absolute Gasteiger partial charge is 0.281 e. The number of carbonyl (C=O) groups is 1. The number of hydrogen-bond acceptors (Lipinski definition) is 6. The lowest BCUT2D eigenvalue weighted by Crippen LogP contribution is -2.62. The first-order valence-corrected chi connectivity index (χ1v) is 14.4. The van der Waals surface area contributed by atoms with E-state index in [4.69, 9.17) is 0 Å². The molecule has 11 heteroatoms. The second kappa shape index (κ2) is 10.7. The molecule has 2 aliphatic heterocycles. The average Bonchev–Trinajstić information content (AvgIpc) is 2.98. The lowest BCUT2D eigenvalue weighted by atomic mass is 9.95. The molecule has 1 amide bonds. The third kappa shape index (κ3) is 4.32. The highest BCUT2D eigenvalue weighted by atomic mass is 19.1. The topological polar surface area (TPSA) is 90.7 Å². The Morgan fingerprint density at radius 3 is 2.57 bits per heavy atom. The molecule has 1 saturated heterocycles. The second-order valence-corrected chi connectivity index (χ2v) is 11.7. The van der Waals surface area contributed by atoms with E-state index in [1.807, 2.05) is 25.7 Å². The molecule has 0 bridgehead atoms. The number of phenols is 1. The molecular weight excluding hydrogens is 571 g/mol. The maximum absolute atomic E-state index is 17.1. The molecule has 2 aromatic carbocycles. The lowest BCUT2D eigenvalue weighted by Gasteiger charge is -2.49. The van der Waals surface area contributed by atoms with Gasteiger partial charge in [0.1, 0.15) is 23.1 Å². The number of carbonyl (C=O) groups excluding carboxylic acids is 1. The summed E-state index contributed by atoms with van der Waals surface area (Å²) in [5.41, 5.74) is -0.351. The zero-order valence-corrected chi connectivity index (χ0v) is 24.8. The molecule has 4 aromatic rings. The molecule has 6 rings (SSSR count). The van der Waals surface area contributed by atoms with E-state index >= 15 is 13.2 Å². The lowest BCUT2D eigenvalue weighted by molar-refractivity contribution is -0.128. The standard InChI is InChI=1S/C33H32F3N5O3/c1-6-24(43)39-15-19-13-38-29-32(40(19)14-18(39)5)20-12-22(35)26(25-21(34)8-7-9-23(25)42)27(36)31(20)41(33(29)44)30-17(4)10-11-37-28(30)16(2)3/h6-12,16,18-19,38,42H,1,13-15H2,2-5H3. The van der Waals surface area contributed by atoms with Gasteiger partial charge in [-0.25, -0.2) is 13.2 Å². The molecule has 4 heterocycles. The maximum atomic E-state index is 17.1. The van der Waals surface area contributed by atoms with E-state index in [-0.39, 0.29) is 40.5 Å². The second-order valence-electron chi connectivity index (χ2n) is 11.7. The summed E-state index contributed by atoms with van der Waals surface area (Å²) in [5.74, 6) is -4.38. The number of benzene rings is 2. The van der Waals surface area contributed by atoms with Gasteiger partial charge in [0.15, 0.2) is 5.82 Å². The van der Waals surface area contributed by atoms with E-state index in [2.05, 4.69) is 16.9 Å². The molecule has 2 unspecified atom stereocenters. The molecule has 0 saturated carbocycles. The minimum absolute atomic E-state index is 0.0834. The molecule has 2 aliphatic rings. The van der Waals surface area contributed by atoms with Gasteiger partial charge >= 0.3 is 0 Å². The van der Waals surface area contributed by atoms with Crippen LogP contribution < -0.4 is 15.8 Å². The summed E-state index contributed by atoms with van der Waals surface area (Å²) in [4.78, 5) is 35.2. The number of nitrogens with one attached hydrogen (secondary N) is 1. The number of nitrogens with zero attached hydrogens (tertiary/aromatic N) is 4. The van der Waals surface area contributed by atoms with E-state index in [0.717, 1.165) is 18.2 Å². The molecule has 2 N–H and O–H groups in total. The first-order chi connectivity index (χ1) is 21.0. The Bertz CT molecular complexity index is 1900. The van der Waals surface area contributed by atoms with Crippen LogP contribution in [0, 0.1) is 24.4 Å². The summed E-state index contributed by atoms with van der Waals surface area (Å²) in [7, 11) is 0. The third-order valence-corrected chi connectivity index (χ3v) is 8.59. The fraction of sp³-hybridized carbons (Fsp3) is 0.303. The molecule has 0 aliphatic carbocycles. The Morgan fingerprint density at radius 1 is 1.14 bits per heavy atom. The van der Waals surface area contributed by atoms with Gasteiger partial charge in [-0.2, -0.15) is 0 Å². The number of aromatic hydroxyl groups is 1. The summed E-state index contributed by atoms with van der Waals surface area (Å²) in [6, 6.07) is 5.56. The van der Waals surface area contributed by atoms with E-state index in [1.165, 1.54) is 16.7 Å². The summed E-state index contributed by atoms with van der Waals surface area (Å²) in [6.07, 6.45) is 2.85. The van der Waals surface area contributed by atoms with Crippen molar-refractivity contribution in [3.63, 3.8) is 0 Å². The van der Waals surface area contributed by atoms with E-state index in [9.17, 15) is 14.7 Å². The van der Waals surface area contributed by atoms with Crippen LogP contribution in [-0.2, 0) is 4.79 Å². The minimum Gasteiger partial charge on any atom is -0.507 e. The van der Waals surface area contributed by atoms with Gasteiger partial charge in [0, 0.05) is 37.3 Å². The zero-order chi connectivity index (χ0) is 31.6. The highest BCUT2D eigenvalue weighted by Crippen LogP contribution is 2.45. The summed E-state index contributed by atoms with van der Waals surface area (Å²) < 4.78 is 49.4. The fourth-order valence-corrected chi connectivity index (χ4v) is 6.53. The summed E-state index contributed by atoms with van der Waals surface area (Å²) >= 11 is 0. The Balaban J connectivity index is 1.75. The Kier molecular flexibility index (Phi) is 7.14. The van der Waals surface area contributed by atoms with Crippen molar-refractivity contribution in [1.82, 2.24) is 14.5 Å². The number of hydrogen-bond donors (Lipinski definition) is 2. The molecule has 1 fully saturated rings. The predicted octanol–water partition coefficient (Wildman–Crippen LogP) is 5.62. The van der Waals surface area contributed by atoms with Gasteiger partial charge < -0.3 is 20.2 Å². The number of anilines is 2. The van der Waals surface area contributed by atoms with E-state index in [1.54, 1.807) is 24.1 Å². The quantitative estimate of drug-likeness (QED) is 0.294. The van der Waals surface area contributed by atoms with Crippen LogP contribution in [0.2, 0.25) is 0 Å². The van der Waals surface area contributed by atoms with Gasteiger partial charge in [-0.3, -0.25) is 19.1 Å². The Labute approximate surface area is 252 Å². The van der Waals surface area contributed by atoms with Gasteiger partial charge in [-0.15, -0.1) is 0 Å². The fourth-order valence-electron chi connectivity index (χ4n) is 6.53. The number of halogens is 3. The van der Waals surface area contributed by atoms with Crippen LogP contribution in [0.4, 0.5) is 24.5 Å². The minimum atomic E-state index is -1.20. The van der Waals surface area contributed by atoms with Crippen LogP contribution in [0.3, 0.4) is 0 Å². The van der Waals surface area contributed by atoms with Gasteiger partial charge in [0.25, 0.3) is 5.56 Å². The van der Waals surface area contributed by atoms with Crippen molar-refractivity contribution in [2.24, 2.45) is 0 Å². The van der Waals surface area contributed by atoms with Crippen molar-refractivity contribution >= 4 is 28.2 Å². The molecule has 44 heavy (non-hydrogen) atoms. The van der Waals surface area contributed by atoms with Gasteiger partial charge in [-0.1, -0.05) is 26.5 Å². The van der Waals surface area contributed by atoms with Crippen LogP contribution in [0.1, 0.15) is 37.9 Å². The van der Waals surface area contributed by atoms with Crippen molar-refractivity contribution in [2.45, 2.75) is 45.7 Å². The monoisotopic (exact) mass is 603 g/mol. The number of phenolic OH excluding ortho intramolecular Hbond substituents is 1. The molecular formula is C33H32F3N5O3. The summed E-state index contributed by atoms with van der Waals surface area (Å²) in [6.45, 7) is 11.9. The number of piperazine rings is 1. The van der Waals surface area contributed by atoms with Crippen molar-refractivity contribution in [1.29, 1.82) is 0 Å². The molecule has 8 nitrogen and oxygen atoms in total. The normalized spacial score (nSPS) is 17.8. The van der Waals surface area contributed by atoms with Crippen molar-refractivity contribution in [2.75, 3.05) is 29.9 Å². The maximum Gasteiger partial charge on any atom is 0.281 e. The summed E-state index contributed by atoms with van der Waals surface area (Å²) in [5, 5.41) is 13.8. The van der Waals surface area contributed by atoms with Crippen molar-refractivity contribution in [3.8, 4) is 22.6 Å². The number of amides is 1. The molecule has 228 valence electrons. The van der Waals surface area contributed by atoms with Gasteiger partial charge in [0.2, 0.25) is 5.91 Å². The van der Waals surface area contributed by atoms with Crippen LogP contribution in [-0.4, -0.2) is 57.2 Å². The van der Waals surface area contributed by atoms with Crippen molar-refractivity contribution < 1.29 is 23.1 Å². The van der Waals surface area contributed by atoms with Crippen LogP contribution in [0.5, 0.6) is 5.75 Å². The Hall–Kier alpha value is -4.80. The van der Waals surface area contributed by atoms with E-state index in [0.29, 0.717) is 42.3 Å². The predicted molar refractivity (Wildman–Crippen MR) is 164 cm³/mol. The van der Waals surface area contributed by atoms with Gasteiger partial charge in [0.05, 0.1) is 39.8 Å². The van der Waals surface area contributed by atoms with Crippen LogP contribution in [0.25, 0.3) is 27.7 Å². The highest BCUT2D eigenvalue weighted by molar-refractivity contribution is 6.03. The van der Waals surface area contributed by atoms with Gasteiger partial charge in [-0.05, 0) is 55.7 Å². The molecule has 2 aromatic heterocycles. The third-order valence-electron chi connectivity index (χ3n) is 8.59. The largest absolute Gasteiger partial charge is 0.507 e. The number of aromatic nitrogens is 2. The molecule has 2 atom stereocenters. The zero-order valence-electron chi connectivity index (χ0n) is 24.8. The number of aryl methyl sites for hydroxylation is 1. The SMILES string of the molecule is C=CC(=O)N1CC2CNc3c(c4cc(F)c(-c5c(O)cccc5F)c(F)c4n(-c4c(C)ccnc4C(C)C)c3=O)N2CC1C. The average molecular weight is 604 g/mol. The van der Waals surface area contributed by atoms with E-state index < -0.39 is 39.9 Å². The highest BCUT2D eigenvalue weighted by Gasteiger charge is 2.40. The van der Waals surface area contributed by atoms with Crippen LogP contribution in [0.15, 0.2) is 54.0 Å². The van der Waals surface area contributed by atoms with Crippen LogP contribution >= 0.6 is 0 Å². The number of rotatable bonds is 4. The number of fused-ring (bicyclic) bond motifs is 5. The van der Waals surface area contributed by atoms with Crippen molar-refractivity contribution in [3.05, 3.63) is 88.2 Å². The first kappa shape index (κ1) is 29.3. The number of pyridine rings is 2. The Morgan fingerprint density at radius 2 is 1.89 bits per heavy atom.